The third-order valence-corrected chi connectivity index (χ3v) is 0. The molecule has 0 amide bonds. The van der Waals surface area contributed by atoms with Crippen molar-refractivity contribution in [3.8, 4) is 0 Å². The molecule has 0 bridgehead atoms. The molecule has 0 rings (SSSR count). The molecule has 0 heterocycles. The molecule has 0 atom stereocenters. The van der Waals surface area contributed by atoms with Gasteiger partial charge in [0.1, 0.15) is 0 Å². The van der Waals surface area contributed by atoms with Crippen LogP contribution in [0.5, 0.6) is 0 Å². The Kier molecular flexibility index (Phi) is 102. The van der Waals surface area contributed by atoms with Crippen molar-refractivity contribution in [2.24, 2.45) is 0 Å². The molecule has 0 saturated carbocycles. The third-order valence-electron chi connectivity index (χ3n) is 0. The zero-order valence-corrected chi connectivity index (χ0v) is 4.93. The minimum absolute atomic E-state index is 0. The summed E-state index contributed by atoms with van der Waals surface area (Å²) in [6, 6.07) is 0. The number of hydrogen-bond acceptors (Lipinski definition) is 2. The Hall–Kier alpha value is -0.346. The third kappa shape index (κ3) is 632. The molecule has 2 N–H and O–H groups in total. The second-order valence-electron chi connectivity index (χ2n) is 0.211. The van der Waals surface area contributed by atoms with Crippen LogP contribution in [0.15, 0.2) is 0 Å². The monoisotopic (exact) mass is 140 g/mol. The molecule has 40 valence electrons. The van der Waals surface area contributed by atoms with Crippen molar-refractivity contribution < 1.29 is 41.5 Å². The van der Waals surface area contributed by atoms with E-state index >= 15 is 0 Å². The maximum atomic E-state index is 8.36. The molecule has 0 radical (unpaired) electrons. The predicted octanol–water partition coefficient (Wildman–Crippen LogP) is -0.601. The molecule has 0 spiro atoms. The van der Waals surface area contributed by atoms with E-state index in [1.54, 1.807) is 0 Å². The van der Waals surface area contributed by atoms with Crippen molar-refractivity contribution >= 4 is 12.9 Å². The Morgan fingerprint density at radius 2 is 1.00 bits per heavy atom. The summed E-state index contributed by atoms with van der Waals surface area (Å²) in [5.74, 6) is 0. The first-order chi connectivity index (χ1) is 2.83. The first kappa shape index (κ1) is 15.9. The van der Waals surface area contributed by atoms with Crippen LogP contribution in [0, 0.1) is 0 Å². The maximum Gasteiger partial charge on any atom is 0.290 e. The molecular weight excluding hydrogens is 136 g/mol. The van der Waals surface area contributed by atoms with E-state index < -0.39 is 0 Å². The van der Waals surface area contributed by atoms with Gasteiger partial charge in [0.2, 0.25) is 0 Å². The molecule has 0 aliphatic heterocycles. The van der Waals surface area contributed by atoms with E-state index in [1.165, 1.54) is 0 Å². The summed E-state index contributed by atoms with van der Waals surface area (Å²) in [6.45, 7) is -0.500. The quantitative estimate of drug-likeness (QED) is 0.348. The van der Waals surface area contributed by atoms with E-state index in [1.807, 2.05) is 0 Å². The molecule has 0 aromatic carbocycles. The van der Waals surface area contributed by atoms with E-state index in [9.17, 15) is 0 Å². The second kappa shape index (κ2) is 44.8. The minimum Gasteiger partial charge on any atom is -0.483 e. The van der Waals surface area contributed by atoms with Crippen LogP contribution in [0.3, 0.4) is 0 Å². The summed E-state index contributed by atoms with van der Waals surface area (Å²) < 4.78 is 0. The molecule has 0 aliphatic carbocycles. The van der Waals surface area contributed by atoms with Gasteiger partial charge in [-0.25, -0.2) is 0 Å². The van der Waals surface area contributed by atoms with Gasteiger partial charge in [-0.1, -0.05) is 0 Å². The standard InChI is InChI=1S/2CH2O2.Ti/c2*2-1-3;/h2*1H,(H,2,3);. The van der Waals surface area contributed by atoms with Crippen molar-refractivity contribution in [2.45, 2.75) is 0 Å². The molecule has 0 saturated heterocycles. The summed E-state index contributed by atoms with van der Waals surface area (Å²) in [4.78, 5) is 16.7. The number of carbonyl (C=O) groups is 2. The summed E-state index contributed by atoms with van der Waals surface area (Å²) in [5, 5.41) is 13.8. The molecule has 0 aromatic heterocycles. The van der Waals surface area contributed by atoms with Crippen LogP contribution in [0.2, 0.25) is 0 Å². The predicted molar refractivity (Wildman–Crippen MR) is 17.4 cm³/mol. The van der Waals surface area contributed by atoms with Crippen LogP contribution < -0.4 is 0 Å². The van der Waals surface area contributed by atoms with Gasteiger partial charge in [0.25, 0.3) is 12.9 Å². The molecule has 0 aliphatic rings. The van der Waals surface area contributed by atoms with Crippen LogP contribution in [0.25, 0.3) is 0 Å². The molecule has 0 fully saturated rings. The Morgan fingerprint density at radius 1 is 1.00 bits per heavy atom. The summed E-state index contributed by atoms with van der Waals surface area (Å²) in [5.41, 5.74) is 0. The molecular formula is C2H4O4Ti. The van der Waals surface area contributed by atoms with E-state index in [0.29, 0.717) is 0 Å². The van der Waals surface area contributed by atoms with Crippen molar-refractivity contribution in [3.63, 3.8) is 0 Å². The Balaban J connectivity index is -0.0000000400. The van der Waals surface area contributed by atoms with Gasteiger partial charge in [0.15, 0.2) is 0 Å². The van der Waals surface area contributed by atoms with Gasteiger partial charge in [0.05, 0.1) is 0 Å². The van der Waals surface area contributed by atoms with Crippen LogP contribution in [0.4, 0.5) is 0 Å². The Labute approximate surface area is 55.0 Å². The molecule has 0 unspecified atom stereocenters. The molecule has 7 heavy (non-hydrogen) atoms. The van der Waals surface area contributed by atoms with E-state index in [2.05, 4.69) is 0 Å². The topological polar surface area (TPSA) is 74.6 Å². The Bertz CT molecular complexity index is 30.7. The van der Waals surface area contributed by atoms with Crippen LogP contribution in [-0.4, -0.2) is 23.2 Å². The maximum absolute atomic E-state index is 8.36. The van der Waals surface area contributed by atoms with Crippen LogP contribution in [0.1, 0.15) is 0 Å². The fraction of sp³-hybridized carbons (Fsp3) is 0. The summed E-state index contributed by atoms with van der Waals surface area (Å²) >= 11 is 0. The first-order valence-corrected chi connectivity index (χ1v) is 0.988. The van der Waals surface area contributed by atoms with Crippen molar-refractivity contribution in [2.75, 3.05) is 0 Å². The van der Waals surface area contributed by atoms with Gasteiger partial charge in [-0.15, -0.1) is 0 Å². The van der Waals surface area contributed by atoms with Gasteiger partial charge in [-0.3, -0.25) is 9.59 Å². The van der Waals surface area contributed by atoms with Crippen molar-refractivity contribution in [1.29, 1.82) is 0 Å². The van der Waals surface area contributed by atoms with Crippen molar-refractivity contribution in [3.05, 3.63) is 0 Å². The minimum atomic E-state index is -0.250. The number of hydrogen-bond donors (Lipinski definition) is 2. The van der Waals surface area contributed by atoms with Gasteiger partial charge in [0, 0.05) is 21.7 Å². The number of rotatable bonds is 0. The zero-order chi connectivity index (χ0) is 5.41. The fourth-order valence-electron chi connectivity index (χ4n) is 0. The van der Waals surface area contributed by atoms with E-state index in [-0.39, 0.29) is 34.7 Å². The van der Waals surface area contributed by atoms with Gasteiger partial charge >= 0.3 is 0 Å². The molecule has 0 aromatic rings. The van der Waals surface area contributed by atoms with Crippen LogP contribution >= 0.6 is 0 Å². The van der Waals surface area contributed by atoms with E-state index in [4.69, 9.17) is 19.8 Å². The average molecular weight is 140 g/mol. The first-order valence-electron chi connectivity index (χ1n) is 0.988. The average Bonchev–Trinajstić information content (AvgIpc) is 1.39. The largest absolute Gasteiger partial charge is 0.483 e. The van der Waals surface area contributed by atoms with Gasteiger partial charge in [-0.2, -0.15) is 0 Å². The van der Waals surface area contributed by atoms with Crippen LogP contribution in [-0.2, 0) is 31.3 Å². The number of carboxylic acid groups (broad SMARTS) is 2. The Morgan fingerprint density at radius 3 is 1.00 bits per heavy atom. The fourth-order valence-corrected chi connectivity index (χ4v) is 0. The normalized spacial score (nSPS) is 3.43. The molecule has 5 heteroatoms. The zero-order valence-electron chi connectivity index (χ0n) is 3.37. The van der Waals surface area contributed by atoms with Gasteiger partial charge < -0.3 is 10.2 Å². The summed E-state index contributed by atoms with van der Waals surface area (Å²) in [7, 11) is 0. The van der Waals surface area contributed by atoms with Crippen molar-refractivity contribution in [1.82, 2.24) is 0 Å². The second-order valence-corrected chi connectivity index (χ2v) is 0.211. The SMILES string of the molecule is O=CO.O=CO.[Ti]. The smallest absolute Gasteiger partial charge is 0.290 e. The molecule has 4 nitrogen and oxygen atoms in total. The van der Waals surface area contributed by atoms with Gasteiger partial charge in [-0.05, 0) is 0 Å². The van der Waals surface area contributed by atoms with E-state index in [0.717, 1.165) is 0 Å². The summed E-state index contributed by atoms with van der Waals surface area (Å²) in [6.07, 6.45) is 0.